The Morgan fingerprint density at radius 2 is 1.29 bits per heavy atom. The van der Waals surface area contributed by atoms with E-state index >= 15 is 8.78 Å². The van der Waals surface area contributed by atoms with E-state index in [4.69, 9.17) is 4.42 Å². The van der Waals surface area contributed by atoms with E-state index in [0.717, 1.165) is 68.6 Å². The molecule has 1 aliphatic heterocycles. The van der Waals surface area contributed by atoms with Gasteiger partial charge in [-0.1, -0.05) is 115 Å². The number of para-hydroxylation sites is 2. The number of hydrogen-bond acceptors (Lipinski definition) is 3. The van der Waals surface area contributed by atoms with Gasteiger partial charge in [-0.15, -0.1) is 0 Å². The maximum Gasteiger partial charge on any atom is 0.145 e. The summed E-state index contributed by atoms with van der Waals surface area (Å²) < 4.78 is 53.3. The molecule has 0 bridgehead atoms. The summed E-state index contributed by atoms with van der Waals surface area (Å²) in [5.41, 5.74) is 12.1. The van der Waals surface area contributed by atoms with Gasteiger partial charge in [-0.05, 0) is 124 Å². The van der Waals surface area contributed by atoms with Crippen LogP contribution in [-0.2, 0) is 11.8 Å². The van der Waals surface area contributed by atoms with Crippen LogP contribution in [0.15, 0.2) is 199 Å². The van der Waals surface area contributed by atoms with Crippen LogP contribution in [0.5, 0.6) is 0 Å². The van der Waals surface area contributed by atoms with Gasteiger partial charge in [0.1, 0.15) is 28.6 Å². The largest absolute Gasteiger partial charge is 0.455 e. The molecule has 0 fully saturated rings. The molecule has 1 aromatic heterocycles. The van der Waals surface area contributed by atoms with Gasteiger partial charge < -0.3 is 14.2 Å². The smallest absolute Gasteiger partial charge is 0.145 e. The molecule has 298 valence electrons. The molecule has 12 rings (SSSR count). The lowest BCUT2D eigenvalue weighted by molar-refractivity contribution is 0.613. The fourth-order valence-electron chi connectivity index (χ4n) is 10.5. The molecule has 1 atom stereocenters. The van der Waals surface area contributed by atoms with Gasteiger partial charge in [-0.3, -0.25) is 0 Å². The maximum atomic E-state index is 15.7. The second-order valence-corrected chi connectivity index (χ2v) is 16.4. The third kappa shape index (κ3) is 5.39. The van der Waals surface area contributed by atoms with Crippen LogP contribution in [-0.4, -0.2) is 6.04 Å². The first-order chi connectivity index (χ1) is 30.5. The van der Waals surface area contributed by atoms with Crippen molar-refractivity contribution in [2.75, 3.05) is 9.80 Å². The van der Waals surface area contributed by atoms with Gasteiger partial charge in [0.25, 0.3) is 0 Å². The van der Waals surface area contributed by atoms with Gasteiger partial charge in [0.2, 0.25) is 0 Å². The summed E-state index contributed by atoms with van der Waals surface area (Å²) in [6, 6.07) is 53.5. The van der Waals surface area contributed by atoms with Crippen LogP contribution in [0.4, 0.5) is 41.6 Å². The Morgan fingerprint density at radius 3 is 2.06 bits per heavy atom. The van der Waals surface area contributed by atoms with Gasteiger partial charge >= 0.3 is 0 Å². The van der Waals surface area contributed by atoms with Crippen molar-refractivity contribution in [3.63, 3.8) is 0 Å². The minimum absolute atomic E-state index is 0.0934. The molecule has 0 radical (unpaired) electrons. The molecular weight excluding hydrogens is 774 g/mol. The minimum Gasteiger partial charge on any atom is -0.455 e. The predicted molar refractivity (Wildman–Crippen MR) is 244 cm³/mol. The van der Waals surface area contributed by atoms with Crippen LogP contribution in [0.2, 0.25) is 0 Å². The van der Waals surface area contributed by atoms with E-state index in [1.165, 1.54) is 41.1 Å². The molecule has 3 nitrogen and oxygen atoms in total. The van der Waals surface area contributed by atoms with Crippen LogP contribution < -0.4 is 9.80 Å². The minimum atomic E-state index is -1.16. The molecule has 0 spiro atoms. The lowest BCUT2D eigenvalue weighted by atomic mass is 9.67. The van der Waals surface area contributed by atoms with Crippen LogP contribution in [0.1, 0.15) is 39.8 Å². The fourth-order valence-corrected chi connectivity index (χ4v) is 10.5. The zero-order valence-corrected chi connectivity index (χ0v) is 33.4. The Balaban J connectivity index is 1.20. The molecule has 0 amide bonds. The van der Waals surface area contributed by atoms with Crippen molar-refractivity contribution in [2.45, 2.75) is 24.3 Å². The molecule has 9 aromatic rings. The Hall–Kier alpha value is -7.57. The van der Waals surface area contributed by atoms with E-state index in [2.05, 4.69) is 101 Å². The summed E-state index contributed by atoms with van der Waals surface area (Å²) in [6.45, 7) is 0. The topological polar surface area (TPSA) is 19.6 Å². The second-order valence-electron chi connectivity index (χ2n) is 16.4. The maximum absolute atomic E-state index is 15.7. The highest BCUT2D eigenvalue weighted by atomic mass is 19.1. The molecule has 0 N–H and O–H groups in total. The quantitative estimate of drug-likeness (QED) is 0.167. The van der Waals surface area contributed by atoms with Crippen LogP contribution in [0, 0.1) is 17.5 Å². The van der Waals surface area contributed by atoms with E-state index in [1.807, 2.05) is 42.5 Å². The lowest BCUT2D eigenvalue weighted by Crippen LogP contribution is -2.33. The highest BCUT2D eigenvalue weighted by Crippen LogP contribution is 2.61. The summed E-state index contributed by atoms with van der Waals surface area (Å²) in [7, 11) is 0. The van der Waals surface area contributed by atoms with Crippen LogP contribution in [0.3, 0.4) is 0 Å². The van der Waals surface area contributed by atoms with Crippen molar-refractivity contribution in [1.82, 2.24) is 0 Å². The number of anilines is 5. The molecule has 3 aliphatic rings. The van der Waals surface area contributed by atoms with Crippen molar-refractivity contribution in [3.05, 3.63) is 245 Å². The molecular formula is C56H37F3N2O. The summed E-state index contributed by atoms with van der Waals surface area (Å²) >= 11 is 0. The average molecular weight is 811 g/mol. The molecule has 2 aliphatic carbocycles. The van der Waals surface area contributed by atoms with Gasteiger partial charge in [0.05, 0.1) is 22.5 Å². The Labute approximate surface area is 356 Å². The Morgan fingerprint density at radius 1 is 0.581 bits per heavy atom. The first-order valence-corrected chi connectivity index (χ1v) is 21.0. The predicted octanol–water partition coefficient (Wildman–Crippen LogP) is 14.8. The number of rotatable bonds is 6. The number of hydrogen-bond donors (Lipinski definition) is 0. The number of allylic oxidation sites excluding steroid dienone is 2. The standard InChI is InChI=1S/C56H37F3N2O/c57-39-25-28-43(29-26-39)60(44-27-24-36-30-35-12-4-8-22-49(35)61(50(36)33-44)42-17-2-1-3-18-42)51-34-48-53(55-54(51)46-20-6-9-23-52(46)62-55)45-19-5-7-21-47(45)56(48,37-13-10-15-40(58)31-37)38-14-11-16-41(59)32-38/h1-17,19-29,31-34,42H,18,30H2. The van der Waals surface area contributed by atoms with Crippen molar-refractivity contribution in [2.24, 2.45) is 0 Å². The molecule has 62 heavy (non-hydrogen) atoms. The number of fused-ring (bicyclic) bond motifs is 9. The van der Waals surface area contributed by atoms with E-state index in [0.29, 0.717) is 22.3 Å². The van der Waals surface area contributed by atoms with Gasteiger partial charge in [0.15, 0.2) is 0 Å². The number of halogens is 3. The average Bonchev–Trinajstić information content (AvgIpc) is 3.84. The summed E-state index contributed by atoms with van der Waals surface area (Å²) in [5, 5.41) is 1.78. The number of nitrogens with zero attached hydrogens (tertiary/aromatic N) is 2. The fraction of sp³-hybridized carbons (Fsp3) is 0.0714. The van der Waals surface area contributed by atoms with Gasteiger partial charge in [0, 0.05) is 40.1 Å². The third-order valence-electron chi connectivity index (χ3n) is 13.0. The summed E-state index contributed by atoms with van der Waals surface area (Å²) in [5.74, 6) is -1.14. The summed E-state index contributed by atoms with van der Waals surface area (Å²) in [6.07, 6.45) is 10.3. The normalized spacial score (nSPS) is 15.7. The highest BCUT2D eigenvalue weighted by Gasteiger charge is 2.49. The zero-order chi connectivity index (χ0) is 41.5. The Bertz CT molecular complexity index is 3280. The molecule has 1 unspecified atom stereocenters. The van der Waals surface area contributed by atoms with Crippen LogP contribution in [0.25, 0.3) is 33.1 Å². The molecule has 8 aromatic carbocycles. The SMILES string of the molecule is Fc1ccc(N(c2ccc3c(c2)N(C2C=CC=CC2)c2ccccc2C3)c2cc3c(c4oc5ccccc5c24)-c2ccccc2C3(c2cccc(F)c2)c2cccc(F)c2)cc1. The highest BCUT2D eigenvalue weighted by molar-refractivity contribution is 6.19. The third-order valence-corrected chi connectivity index (χ3v) is 13.0. The monoisotopic (exact) mass is 810 g/mol. The lowest BCUT2D eigenvalue weighted by Gasteiger charge is -2.39. The zero-order valence-electron chi connectivity index (χ0n) is 33.4. The number of benzene rings is 8. The molecule has 0 saturated heterocycles. The van der Waals surface area contributed by atoms with Crippen molar-refractivity contribution in [3.8, 4) is 11.1 Å². The van der Waals surface area contributed by atoms with E-state index in [9.17, 15) is 4.39 Å². The first kappa shape index (κ1) is 36.3. The number of furan rings is 1. The van der Waals surface area contributed by atoms with Crippen molar-refractivity contribution >= 4 is 50.4 Å². The Kier molecular flexibility index (Phi) is 8.20. The first-order valence-electron chi connectivity index (χ1n) is 21.0. The molecule has 6 heteroatoms. The van der Waals surface area contributed by atoms with Crippen LogP contribution >= 0.6 is 0 Å². The molecule has 2 heterocycles. The van der Waals surface area contributed by atoms with E-state index < -0.39 is 17.0 Å². The second kappa shape index (κ2) is 14.0. The van der Waals surface area contributed by atoms with E-state index in [1.54, 1.807) is 36.4 Å². The van der Waals surface area contributed by atoms with Crippen molar-refractivity contribution < 1.29 is 17.6 Å². The van der Waals surface area contributed by atoms with E-state index in [-0.39, 0.29) is 11.9 Å². The van der Waals surface area contributed by atoms with Gasteiger partial charge in [-0.25, -0.2) is 13.2 Å². The van der Waals surface area contributed by atoms with Crippen molar-refractivity contribution in [1.29, 1.82) is 0 Å². The van der Waals surface area contributed by atoms with Gasteiger partial charge in [-0.2, -0.15) is 0 Å². The summed E-state index contributed by atoms with van der Waals surface area (Å²) in [4.78, 5) is 4.63. The molecule has 0 saturated carbocycles.